The third kappa shape index (κ3) is 6.87. The van der Waals surface area contributed by atoms with Gasteiger partial charge in [0.1, 0.15) is 0 Å². The van der Waals surface area contributed by atoms with E-state index in [9.17, 15) is 0 Å². The number of unbranched alkanes of at least 4 members (excludes halogenated alkanes) is 1. The highest BCUT2D eigenvalue weighted by molar-refractivity contribution is 9.10. The first-order valence-corrected chi connectivity index (χ1v) is 8.64. The average Bonchev–Trinajstić information content (AvgIpc) is 2.45. The first-order chi connectivity index (χ1) is 9.67. The SMILES string of the molecule is CCCCN(C)CCC(NCCC)c1cccc(Br)c1. The monoisotopic (exact) mass is 340 g/mol. The molecule has 0 aliphatic carbocycles. The van der Waals surface area contributed by atoms with Crippen molar-refractivity contribution in [2.45, 2.75) is 45.6 Å². The van der Waals surface area contributed by atoms with E-state index in [-0.39, 0.29) is 0 Å². The van der Waals surface area contributed by atoms with Crippen LogP contribution >= 0.6 is 15.9 Å². The van der Waals surface area contributed by atoms with Crippen molar-refractivity contribution in [2.75, 3.05) is 26.7 Å². The van der Waals surface area contributed by atoms with Gasteiger partial charge in [-0.15, -0.1) is 0 Å². The van der Waals surface area contributed by atoms with Crippen LogP contribution in [-0.2, 0) is 0 Å². The molecule has 0 radical (unpaired) electrons. The van der Waals surface area contributed by atoms with Crippen molar-refractivity contribution < 1.29 is 0 Å². The minimum Gasteiger partial charge on any atom is -0.310 e. The number of halogens is 1. The summed E-state index contributed by atoms with van der Waals surface area (Å²) in [6.45, 7) is 7.90. The molecule has 0 saturated carbocycles. The first kappa shape index (κ1) is 17.7. The van der Waals surface area contributed by atoms with Gasteiger partial charge >= 0.3 is 0 Å². The summed E-state index contributed by atoms with van der Waals surface area (Å²) < 4.78 is 1.16. The summed E-state index contributed by atoms with van der Waals surface area (Å²) in [5, 5.41) is 3.68. The number of hydrogen-bond acceptors (Lipinski definition) is 2. The quantitative estimate of drug-likeness (QED) is 0.668. The van der Waals surface area contributed by atoms with Crippen molar-refractivity contribution in [2.24, 2.45) is 0 Å². The lowest BCUT2D eigenvalue weighted by Gasteiger charge is -2.23. The van der Waals surface area contributed by atoms with Gasteiger partial charge in [-0.05, 0) is 63.6 Å². The Morgan fingerprint density at radius 3 is 2.65 bits per heavy atom. The smallest absolute Gasteiger partial charge is 0.0332 e. The van der Waals surface area contributed by atoms with Gasteiger partial charge in [0.25, 0.3) is 0 Å². The fourth-order valence-electron chi connectivity index (χ4n) is 2.32. The second-order valence-corrected chi connectivity index (χ2v) is 6.42. The molecule has 0 heterocycles. The van der Waals surface area contributed by atoms with Gasteiger partial charge in [-0.1, -0.05) is 48.3 Å². The zero-order valence-corrected chi connectivity index (χ0v) is 14.7. The summed E-state index contributed by atoms with van der Waals surface area (Å²) in [7, 11) is 2.23. The van der Waals surface area contributed by atoms with Crippen molar-refractivity contribution in [1.29, 1.82) is 0 Å². The molecule has 20 heavy (non-hydrogen) atoms. The molecule has 1 unspecified atom stereocenters. The van der Waals surface area contributed by atoms with Crippen LogP contribution in [0.25, 0.3) is 0 Å². The standard InChI is InChI=1S/C17H29BrN2/c1-4-6-12-20(3)13-10-17(19-11-5-2)15-8-7-9-16(18)14-15/h7-9,14,17,19H,4-6,10-13H2,1-3H3. The Morgan fingerprint density at radius 1 is 1.20 bits per heavy atom. The molecule has 1 aromatic carbocycles. The van der Waals surface area contributed by atoms with Crippen LogP contribution in [0.3, 0.4) is 0 Å². The van der Waals surface area contributed by atoms with Crippen LogP contribution in [0, 0.1) is 0 Å². The molecule has 0 aliphatic rings. The summed E-state index contributed by atoms with van der Waals surface area (Å²) in [6, 6.07) is 9.13. The van der Waals surface area contributed by atoms with Gasteiger partial charge in [-0.25, -0.2) is 0 Å². The molecule has 1 atom stereocenters. The van der Waals surface area contributed by atoms with E-state index in [1.807, 2.05) is 0 Å². The number of nitrogens with one attached hydrogen (secondary N) is 1. The molecule has 0 saturated heterocycles. The van der Waals surface area contributed by atoms with Crippen LogP contribution in [0.1, 0.15) is 51.1 Å². The van der Waals surface area contributed by atoms with E-state index >= 15 is 0 Å². The number of benzene rings is 1. The predicted octanol–water partition coefficient (Wildman–Crippen LogP) is 4.61. The lowest BCUT2D eigenvalue weighted by molar-refractivity contribution is 0.302. The predicted molar refractivity (Wildman–Crippen MR) is 92.2 cm³/mol. The van der Waals surface area contributed by atoms with E-state index in [0.717, 1.165) is 24.0 Å². The van der Waals surface area contributed by atoms with E-state index in [0.29, 0.717) is 6.04 Å². The maximum atomic E-state index is 3.68. The molecule has 0 spiro atoms. The Kier molecular flexibility index (Phi) is 9.16. The molecule has 0 aromatic heterocycles. The average molecular weight is 341 g/mol. The van der Waals surface area contributed by atoms with Crippen LogP contribution in [0.2, 0.25) is 0 Å². The van der Waals surface area contributed by atoms with Crippen molar-refractivity contribution >= 4 is 15.9 Å². The van der Waals surface area contributed by atoms with E-state index in [4.69, 9.17) is 0 Å². The molecular weight excluding hydrogens is 312 g/mol. The Bertz CT molecular complexity index is 368. The highest BCUT2D eigenvalue weighted by Crippen LogP contribution is 2.21. The van der Waals surface area contributed by atoms with Gasteiger partial charge in [0, 0.05) is 10.5 Å². The van der Waals surface area contributed by atoms with Crippen LogP contribution in [0.4, 0.5) is 0 Å². The molecule has 114 valence electrons. The van der Waals surface area contributed by atoms with Crippen molar-refractivity contribution in [1.82, 2.24) is 10.2 Å². The van der Waals surface area contributed by atoms with E-state index in [1.165, 1.54) is 31.4 Å². The van der Waals surface area contributed by atoms with Gasteiger partial charge in [0.05, 0.1) is 0 Å². The molecule has 0 amide bonds. The molecular formula is C17H29BrN2. The molecule has 1 N–H and O–H groups in total. The van der Waals surface area contributed by atoms with Crippen molar-refractivity contribution in [3.8, 4) is 0 Å². The molecule has 3 heteroatoms. The highest BCUT2D eigenvalue weighted by Gasteiger charge is 2.11. The minimum atomic E-state index is 0.455. The zero-order chi connectivity index (χ0) is 14.8. The van der Waals surface area contributed by atoms with Crippen LogP contribution in [-0.4, -0.2) is 31.6 Å². The maximum absolute atomic E-state index is 3.68. The van der Waals surface area contributed by atoms with Gasteiger partial charge < -0.3 is 10.2 Å². The third-order valence-corrected chi connectivity index (χ3v) is 4.08. The normalized spacial score (nSPS) is 12.8. The fourth-order valence-corrected chi connectivity index (χ4v) is 2.73. The maximum Gasteiger partial charge on any atom is 0.0332 e. The Balaban J connectivity index is 2.55. The third-order valence-electron chi connectivity index (χ3n) is 3.58. The molecule has 2 nitrogen and oxygen atoms in total. The summed E-state index contributed by atoms with van der Waals surface area (Å²) in [5.41, 5.74) is 1.39. The Hall–Kier alpha value is -0.380. The summed E-state index contributed by atoms with van der Waals surface area (Å²) >= 11 is 3.57. The lowest BCUT2D eigenvalue weighted by Crippen LogP contribution is -2.28. The van der Waals surface area contributed by atoms with Crippen LogP contribution in [0.5, 0.6) is 0 Å². The van der Waals surface area contributed by atoms with Crippen LogP contribution < -0.4 is 5.32 Å². The first-order valence-electron chi connectivity index (χ1n) is 7.84. The van der Waals surface area contributed by atoms with Crippen molar-refractivity contribution in [3.63, 3.8) is 0 Å². The fraction of sp³-hybridized carbons (Fsp3) is 0.647. The summed E-state index contributed by atoms with van der Waals surface area (Å²) in [6.07, 6.45) is 4.90. The largest absolute Gasteiger partial charge is 0.310 e. The second-order valence-electron chi connectivity index (χ2n) is 5.51. The Labute approximate surface area is 133 Å². The van der Waals surface area contributed by atoms with Crippen molar-refractivity contribution in [3.05, 3.63) is 34.3 Å². The number of hydrogen-bond donors (Lipinski definition) is 1. The molecule has 0 fully saturated rings. The molecule has 0 bridgehead atoms. The highest BCUT2D eigenvalue weighted by atomic mass is 79.9. The van der Waals surface area contributed by atoms with Gasteiger partial charge in [0.2, 0.25) is 0 Å². The number of nitrogens with zero attached hydrogens (tertiary/aromatic N) is 1. The van der Waals surface area contributed by atoms with E-state index < -0.39 is 0 Å². The lowest BCUT2D eigenvalue weighted by atomic mass is 10.0. The van der Waals surface area contributed by atoms with Crippen LogP contribution in [0.15, 0.2) is 28.7 Å². The summed E-state index contributed by atoms with van der Waals surface area (Å²) in [5.74, 6) is 0. The van der Waals surface area contributed by atoms with E-state index in [1.54, 1.807) is 0 Å². The minimum absolute atomic E-state index is 0.455. The topological polar surface area (TPSA) is 15.3 Å². The van der Waals surface area contributed by atoms with Gasteiger partial charge in [-0.3, -0.25) is 0 Å². The molecule has 0 aliphatic heterocycles. The molecule has 1 rings (SSSR count). The second kappa shape index (κ2) is 10.4. The number of rotatable bonds is 10. The summed E-state index contributed by atoms with van der Waals surface area (Å²) in [4.78, 5) is 2.45. The van der Waals surface area contributed by atoms with E-state index in [2.05, 4.69) is 71.3 Å². The molecule has 1 aromatic rings. The Morgan fingerprint density at radius 2 is 2.00 bits per heavy atom. The van der Waals surface area contributed by atoms with Gasteiger partial charge in [-0.2, -0.15) is 0 Å². The van der Waals surface area contributed by atoms with Gasteiger partial charge in [0.15, 0.2) is 0 Å². The zero-order valence-electron chi connectivity index (χ0n) is 13.2.